The average Bonchev–Trinajstić information content (AvgIpc) is 2.39. The maximum Gasteiger partial charge on any atom is 0.00561 e. The molecule has 0 aliphatic heterocycles. The van der Waals surface area contributed by atoms with Crippen molar-refractivity contribution in [2.45, 2.75) is 19.3 Å². The van der Waals surface area contributed by atoms with Crippen LogP contribution in [-0.4, -0.2) is 0 Å². The van der Waals surface area contributed by atoms with Crippen molar-refractivity contribution in [2.24, 2.45) is 0 Å². The molecule has 1 aliphatic carbocycles. The molecule has 0 spiro atoms. The molecule has 0 amide bonds. The van der Waals surface area contributed by atoms with Crippen molar-refractivity contribution < 1.29 is 0 Å². The van der Waals surface area contributed by atoms with Crippen molar-refractivity contribution in [3.05, 3.63) is 71.8 Å². The normalized spacial score (nSPS) is 19.4. The number of rotatable bonds is 1. The summed E-state index contributed by atoms with van der Waals surface area (Å²) in [5, 5.41) is 2.66. The zero-order chi connectivity index (χ0) is 11.7. The van der Waals surface area contributed by atoms with Gasteiger partial charge in [0.15, 0.2) is 0 Å². The fourth-order valence-corrected chi connectivity index (χ4v) is 2.41. The Morgan fingerprint density at radius 2 is 1.82 bits per heavy atom. The third-order valence-electron chi connectivity index (χ3n) is 3.49. The van der Waals surface area contributed by atoms with Crippen molar-refractivity contribution in [3.63, 3.8) is 0 Å². The first-order valence-corrected chi connectivity index (χ1v) is 6.16. The van der Waals surface area contributed by atoms with E-state index in [1.54, 1.807) is 0 Å². The molecule has 0 N–H and O–H groups in total. The van der Waals surface area contributed by atoms with Gasteiger partial charge in [-0.1, -0.05) is 66.3 Å². The maximum atomic E-state index is 2.32. The maximum absolute atomic E-state index is 2.32. The van der Waals surface area contributed by atoms with Crippen molar-refractivity contribution in [3.8, 4) is 0 Å². The van der Waals surface area contributed by atoms with Gasteiger partial charge < -0.3 is 0 Å². The first-order chi connectivity index (χ1) is 8.33. The van der Waals surface area contributed by atoms with Gasteiger partial charge in [0, 0.05) is 5.92 Å². The van der Waals surface area contributed by atoms with Crippen LogP contribution in [0, 0.1) is 0 Å². The number of allylic oxidation sites excluding steroid dienone is 4. The molecule has 0 heteroatoms. The molecule has 1 unspecified atom stereocenters. The summed E-state index contributed by atoms with van der Waals surface area (Å²) in [4.78, 5) is 0. The third kappa shape index (κ3) is 2.03. The molecule has 2 aromatic carbocycles. The van der Waals surface area contributed by atoms with Gasteiger partial charge in [0.2, 0.25) is 0 Å². The van der Waals surface area contributed by atoms with Crippen LogP contribution >= 0.6 is 0 Å². The quantitative estimate of drug-likeness (QED) is 0.645. The Morgan fingerprint density at radius 3 is 2.59 bits per heavy atom. The summed E-state index contributed by atoms with van der Waals surface area (Å²) >= 11 is 0. The minimum atomic E-state index is 0.545. The zero-order valence-corrected chi connectivity index (χ0v) is 10.1. The van der Waals surface area contributed by atoms with Gasteiger partial charge in [0.1, 0.15) is 0 Å². The van der Waals surface area contributed by atoms with Crippen molar-refractivity contribution in [1.82, 2.24) is 0 Å². The highest BCUT2D eigenvalue weighted by atomic mass is 14.1. The molecule has 0 saturated carbocycles. The zero-order valence-electron chi connectivity index (χ0n) is 10.1. The van der Waals surface area contributed by atoms with Gasteiger partial charge in [-0.2, -0.15) is 0 Å². The Balaban J connectivity index is 1.99. The van der Waals surface area contributed by atoms with E-state index in [0.717, 1.165) is 6.42 Å². The summed E-state index contributed by atoms with van der Waals surface area (Å²) in [5.74, 6) is 0.545. The molecule has 0 saturated heterocycles. The van der Waals surface area contributed by atoms with Crippen LogP contribution in [0.25, 0.3) is 10.8 Å². The van der Waals surface area contributed by atoms with Gasteiger partial charge in [0.25, 0.3) is 0 Å². The predicted molar refractivity (Wildman–Crippen MR) is 74.2 cm³/mol. The molecule has 0 fully saturated rings. The van der Waals surface area contributed by atoms with Gasteiger partial charge in [-0.15, -0.1) is 0 Å². The van der Waals surface area contributed by atoms with Crippen LogP contribution in [0.15, 0.2) is 66.3 Å². The van der Waals surface area contributed by atoms with E-state index in [2.05, 4.69) is 67.6 Å². The van der Waals surface area contributed by atoms with E-state index in [1.165, 1.54) is 21.9 Å². The lowest BCUT2D eigenvalue weighted by Crippen LogP contribution is -1.97. The van der Waals surface area contributed by atoms with Crippen LogP contribution in [0.2, 0.25) is 0 Å². The molecular weight excluding hydrogens is 204 g/mol. The number of fused-ring (bicyclic) bond motifs is 1. The monoisotopic (exact) mass is 220 g/mol. The lowest BCUT2D eigenvalue weighted by molar-refractivity contribution is 0.846. The van der Waals surface area contributed by atoms with Gasteiger partial charge in [-0.3, -0.25) is 0 Å². The molecule has 0 bridgehead atoms. The van der Waals surface area contributed by atoms with Crippen molar-refractivity contribution in [2.75, 3.05) is 0 Å². The summed E-state index contributed by atoms with van der Waals surface area (Å²) in [6.45, 7) is 2.16. The molecular formula is C17H16. The van der Waals surface area contributed by atoms with E-state index in [9.17, 15) is 0 Å². The molecule has 1 aliphatic rings. The van der Waals surface area contributed by atoms with Crippen LogP contribution in [-0.2, 0) is 0 Å². The fourth-order valence-electron chi connectivity index (χ4n) is 2.41. The Morgan fingerprint density at radius 1 is 1.00 bits per heavy atom. The van der Waals surface area contributed by atoms with Crippen LogP contribution in [0.5, 0.6) is 0 Å². The van der Waals surface area contributed by atoms with Gasteiger partial charge in [-0.05, 0) is 29.7 Å². The van der Waals surface area contributed by atoms with E-state index in [0.29, 0.717) is 5.92 Å². The molecule has 2 aromatic rings. The summed E-state index contributed by atoms with van der Waals surface area (Å²) in [6.07, 6.45) is 7.99. The second-order valence-electron chi connectivity index (χ2n) is 4.76. The smallest absolute Gasteiger partial charge is 0.00561 e. The lowest BCUT2D eigenvalue weighted by atomic mass is 9.89. The number of hydrogen-bond acceptors (Lipinski definition) is 0. The second kappa shape index (κ2) is 4.21. The Hall–Kier alpha value is -1.82. The summed E-state index contributed by atoms with van der Waals surface area (Å²) in [7, 11) is 0. The number of benzene rings is 2. The summed E-state index contributed by atoms with van der Waals surface area (Å²) in [6, 6.07) is 15.3. The topological polar surface area (TPSA) is 0 Å². The van der Waals surface area contributed by atoms with E-state index in [1.807, 2.05) is 0 Å². The highest BCUT2D eigenvalue weighted by molar-refractivity contribution is 5.83. The highest BCUT2D eigenvalue weighted by Gasteiger charge is 2.09. The Bertz CT molecular complexity index is 602. The van der Waals surface area contributed by atoms with Gasteiger partial charge >= 0.3 is 0 Å². The van der Waals surface area contributed by atoms with Crippen LogP contribution < -0.4 is 0 Å². The first kappa shape index (κ1) is 10.3. The largest absolute Gasteiger partial charge is 0.0807 e. The number of hydrogen-bond donors (Lipinski definition) is 0. The second-order valence-corrected chi connectivity index (χ2v) is 4.76. The lowest BCUT2D eigenvalue weighted by Gasteiger charge is -2.15. The molecule has 0 nitrogen and oxygen atoms in total. The SMILES string of the molecule is CC1=CCC(c2ccc3ccccc3c2)C=C1. The minimum Gasteiger partial charge on any atom is -0.0807 e. The predicted octanol–water partition coefficient (Wildman–Crippen LogP) is 4.83. The molecule has 84 valence electrons. The third-order valence-corrected chi connectivity index (χ3v) is 3.49. The molecule has 0 radical (unpaired) electrons. The van der Waals surface area contributed by atoms with Crippen LogP contribution in [0.1, 0.15) is 24.8 Å². The van der Waals surface area contributed by atoms with Crippen molar-refractivity contribution in [1.29, 1.82) is 0 Å². The van der Waals surface area contributed by atoms with Gasteiger partial charge in [0.05, 0.1) is 0 Å². The van der Waals surface area contributed by atoms with E-state index in [-0.39, 0.29) is 0 Å². The minimum absolute atomic E-state index is 0.545. The van der Waals surface area contributed by atoms with Crippen molar-refractivity contribution >= 4 is 10.8 Å². The molecule has 0 aromatic heterocycles. The van der Waals surface area contributed by atoms with Crippen LogP contribution in [0.4, 0.5) is 0 Å². The molecule has 0 heterocycles. The first-order valence-electron chi connectivity index (χ1n) is 6.16. The molecule has 3 rings (SSSR count). The average molecular weight is 220 g/mol. The Labute approximate surface area is 102 Å². The Kier molecular flexibility index (Phi) is 2.56. The van der Waals surface area contributed by atoms with Crippen LogP contribution in [0.3, 0.4) is 0 Å². The van der Waals surface area contributed by atoms with E-state index < -0.39 is 0 Å². The molecule has 17 heavy (non-hydrogen) atoms. The fraction of sp³-hybridized carbons (Fsp3) is 0.176. The summed E-state index contributed by atoms with van der Waals surface area (Å²) < 4.78 is 0. The van der Waals surface area contributed by atoms with E-state index >= 15 is 0 Å². The highest BCUT2D eigenvalue weighted by Crippen LogP contribution is 2.28. The summed E-state index contributed by atoms with van der Waals surface area (Å²) in [5.41, 5.74) is 2.80. The van der Waals surface area contributed by atoms with Gasteiger partial charge in [-0.25, -0.2) is 0 Å². The standard InChI is InChI=1S/C17H16/c1-13-6-8-15(9-7-13)17-11-10-14-4-2-3-5-16(14)12-17/h2-8,10-12,15H,9H2,1H3. The van der Waals surface area contributed by atoms with E-state index in [4.69, 9.17) is 0 Å². The molecule has 1 atom stereocenters.